The first-order valence-corrected chi connectivity index (χ1v) is 8.84. The maximum Gasteiger partial charge on any atom is 0.246 e. The maximum absolute atomic E-state index is 12.9. The number of hydrogen-bond donors (Lipinski definition) is 0. The fourth-order valence-corrected chi connectivity index (χ4v) is 3.48. The van der Waals surface area contributed by atoms with E-state index in [2.05, 4.69) is 21.2 Å². The molecular formula is C19H22N6O. The van der Waals surface area contributed by atoms with E-state index in [1.807, 2.05) is 60.4 Å². The van der Waals surface area contributed by atoms with Crippen molar-refractivity contribution in [1.29, 1.82) is 0 Å². The van der Waals surface area contributed by atoms with Gasteiger partial charge in [-0.05, 0) is 42.7 Å². The molecule has 1 atom stereocenters. The maximum atomic E-state index is 12.9. The van der Waals surface area contributed by atoms with Crippen LogP contribution in [-0.2, 0) is 11.3 Å². The lowest BCUT2D eigenvalue weighted by Gasteiger charge is -2.25. The SMILES string of the molecule is CN(C)c1cc([C@@H]2CCCN2C(=O)Cn2nc3ccccc3n2)ccn1. The molecule has 2 aromatic heterocycles. The Balaban J connectivity index is 1.54. The molecule has 0 radical (unpaired) electrons. The summed E-state index contributed by atoms with van der Waals surface area (Å²) < 4.78 is 0. The van der Waals surface area contributed by atoms with E-state index in [4.69, 9.17) is 0 Å². The van der Waals surface area contributed by atoms with Gasteiger partial charge in [0.15, 0.2) is 0 Å². The van der Waals surface area contributed by atoms with Gasteiger partial charge >= 0.3 is 0 Å². The third-order valence-electron chi connectivity index (χ3n) is 4.79. The number of aromatic nitrogens is 4. The third kappa shape index (κ3) is 3.12. The average Bonchev–Trinajstić information content (AvgIpc) is 3.28. The van der Waals surface area contributed by atoms with Gasteiger partial charge in [-0.25, -0.2) is 4.98 Å². The van der Waals surface area contributed by atoms with Crippen LogP contribution in [0.1, 0.15) is 24.4 Å². The lowest BCUT2D eigenvalue weighted by atomic mass is 10.1. The molecule has 1 saturated heterocycles. The number of likely N-dealkylation sites (tertiary alicyclic amines) is 1. The molecule has 7 heteroatoms. The largest absolute Gasteiger partial charge is 0.363 e. The van der Waals surface area contributed by atoms with Gasteiger partial charge in [-0.2, -0.15) is 15.0 Å². The van der Waals surface area contributed by atoms with E-state index in [1.165, 1.54) is 4.80 Å². The number of hydrogen-bond acceptors (Lipinski definition) is 5. The number of fused-ring (bicyclic) bond motifs is 1. The van der Waals surface area contributed by atoms with Crippen molar-refractivity contribution in [3.63, 3.8) is 0 Å². The number of benzene rings is 1. The molecule has 3 heterocycles. The van der Waals surface area contributed by atoms with E-state index in [0.717, 1.165) is 41.8 Å². The summed E-state index contributed by atoms with van der Waals surface area (Å²) >= 11 is 0. The summed E-state index contributed by atoms with van der Waals surface area (Å²) in [5.41, 5.74) is 2.75. The van der Waals surface area contributed by atoms with Crippen molar-refractivity contribution in [2.45, 2.75) is 25.4 Å². The summed E-state index contributed by atoms with van der Waals surface area (Å²) in [6, 6.07) is 11.8. The van der Waals surface area contributed by atoms with Gasteiger partial charge in [0.25, 0.3) is 0 Å². The topological polar surface area (TPSA) is 67.2 Å². The van der Waals surface area contributed by atoms with Crippen molar-refractivity contribution in [3.05, 3.63) is 48.2 Å². The Morgan fingerprint density at radius 2 is 1.92 bits per heavy atom. The predicted octanol–water partition coefficient (Wildman–Crippen LogP) is 2.26. The van der Waals surface area contributed by atoms with Crippen molar-refractivity contribution in [3.8, 4) is 0 Å². The Morgan fingerprint density at radius 1 is 1.19 bits per heavy atom. The number of carbonyl (C=O) groups is 1. The molecule has 0 saturated carbocycles. The molecule has 1 aliphatic heterocycles. The van der Waals surface area contributed by atoms with Gasteiger partial charge in [-0.15, -0.1) is 0 Å². The number of amides is 1. The molecule has 0 N–H and O–H groups in total. The Kier molecular flexibility index (Phi) is 4.28. The van der Waals surface area contributed by atoms with E-state index < -0.39 is 0 Å². The van der Waals surface area contributed by atoms with Crippen LogP contribution in [0.5, 0.6) is 0 Å². The second kappa shape index (κ2) is 6.74. The molecule has 1 amide bonds. The minimum atomic E-state index is 0.0519. The zero-order valence-electron chi connectivity index (χ0n) is 15.0. The molecular weight excluding hydrogens is 328 g/mol. The monoisotopic (exact) mass is 350 g/mol. The molecule has 0 spiro atoms. The molecule has 4 rings (SSSR count). The van der Waals surface area contributed by atoms with Gasteiger partial charge in [0.1, 0.15) is 23.4 Å². The van der Waals surface area contributed by atoms with Crippen LogP contribution < -0.4 is 4.90 Å². The van der Waals surface area contributed by atoms with Gasteiger partial charge < -0.3 is 9.80 Å². The summed E-state index contributed by atoms with van der Waals surface area (Å²) in [4.78, 5) is 22.7. The summed E-state index contributed by atoms with van der Waals surface area (Å²) in [5, 5.41) is 8.80. The van der Waals surface area contributed by atoms with Crippen LogP contribution in [0.2, 0.25) is 0 Å². The fourth-order valence-electron chi connectivity index (χ4n) is 3.48. The highest BCUT2D eigenvalue weighted by atomic mass is 16.2. The van der Waals surface area contributed by atoms with Crippen LogP contribution >= 0.6 is 0 Å². The van der Waals surface area contributed by atoms with Crippen molar-refractivity contribution in [2.75, 3.05) is 25.5 Å². The number of anilines is 1. The van der Waals surface area contributed by atoms with Gasteiger partial charge in [-0.1, -0.05) is 12.1 Å². The molecule has 7 nitrogen and oxygen atoms in total. The lowest BCUT2D eigenvalue weighted by molar-refractivity contribution is -0.133. The Morgan fingerprint density at radius 3 is 2.62 bits per heavy atom. The van der Waals surface area contributed by atoms with Crippen molar-refractivity contribution in [1.82, 2.24) is 24.9 Å². The molecule has 0 unspecified atom stereocenters. The normalized spacial score (nSPS) is 17.0. The standard InChI is InChI=1S/C19H22N6O/c1-23(2)18-12-14(9-10-20-18)17-8-5-11-24(17)19(26)13-25-21-15-6-3-4-7-16(15)22-25/h3-4,6-7,9-10,12,17H,5,8,11,13H2,1-2H3/t17-/m0/s1. The fraction of sp³-hybridized carbons (Fsp3) is 0.368. The summed E-state index contributed by atoms with van der Waals surface area (Å²) in [5.74, 6) is 0.956. The predicted molar refractivity (Wildman–Crippen MR) is 99.8 cm³/mol. The highest BCUT2D eigenvalue weighted by Crippen LogP contribution is 2.33. The molecule has 1 aliphatic rings. The van der Waals surface area contributed by atoms with E-state index in [9.17, 15) is 4.79 Å². The zero-order chi connectivity index (χ0) is 18.1. The van der Waals surface area contributed by atoms with Crippen molar-refractivity contribution >= 4 is 22.8 Å². The lowest BCUT2D eigenvalue weighted by Crippen LogP contribution is -2.34. The molecule has 26 heavy (non-hydrogen) atoms. The first-order valence-electron chi connectivity index (χ1n) is 8.84. The number of nitrogens with zero attached hydrogens (tertiary/aromatic N) is 6. The van der Waals surface area contributed by atoms with Crippen LogP contribution in [0.4, 0.5) is 5.82 Å². The summed E-state index contributed by atoms with van der Waals surface area (Å²) in [7, 11) is 3.94. The Bertz CT molecular complexity index is 901. The molecule has 134 valence electrons. The highest BCUT2D eigenvalue weighted by molar-refractivity contribution is 5.78. The smallest absolute Gasteiger partial charge is 0.246 e. The minimum Gasteiger partial charge on any atom is -0.363 e. The molecule has 1 fully saturated rings. The van der Waals surface area contributed by atoms with Crippen LogP contribution in [0.3, 0.4) is 0 Å². The number of pyridine rings is 1. The third-order valence-corrected chi connectivity index (χ3v) is 4.79. The number of rotatable bonds is 4. The van der Waals surface area contributed by atoms with Gasteiger partial charge in [0.05, 0.1) is 6.04 Å². The summed E-state index contributed by atoms with van der Waals surface area (Å²) in [6.07, 6.45) is 3.79. The molecule has 3 aromatic rings. The van der Waals surface area contributed by atoms with Crippen molar-refractivity contribution in [2.24, 2.45) is 0 Å². The van der Waals surface area contributed by atoms with Crippen LogP contribution in [0, 0.1) is 0 Å². The zero-order valence-corrected chi connectivity index (χ0v) is 15.0. The first kappa shape index (κ1) is 16.5. The van der Waals surface area contributed by atoms with Gasteiger partial charge in [-0.3, -0.25) is 4.79 Å². The van der Waals surface area contributed by atoms with Crippen molar-refractivity contribution < 1.29 is 4.79 Å². The van der Waals surface area contributed by atoms with E-state index in [1.54, 1.807) is 0 Å². The van der Waals surface area contributed by atoms with E-state index >= 15 is 0 Å². The number of carbonyl (C=O) groups excluding carboxylic acids is 1. The Hall–Kier alpha value is -2.96. The van der Waals surface area contributed by atoms with Gasteiger partial charge in [0.2, 0.25) is 5.91 Å². The second-order valence-electron chi connectivity index (χ2n) is 6.81. The first-order chi connectivity index (χ1) is 12.6. The quantitative estimate of drug-likeness (QED) is 0.722. The van der Waals surface area contributed by atoms with Crippen LogP contribution in [0.15, 0.2) is 42.6 Å². The highest BCUT2D eigenvalue weighted by Gasteiger charge is 2.30. The van der Waals surface area contributed by atoms with E-state index in [0.29, 0.717) is 0 Å². The average molecular weight is 350 g/mol. The van der Waals surface area contributed by atoms with Crippen LogP contribution in [-0.4, -0.2) is 51.4 Å². The second-order valence-corrected chi connectivity index (χ2v) is 6.81. The Labute approximate surface area is 152 Å². The summed E-state index contributed by atoms with van der Waals surface area (Å²) in [6.45, 7) is 0.931. The molecule has 0 aliphatic carbocycles. The molecule has 1 aromatic carbocycles. The van der Waals surface area contributed by atoms with Crippen LogP contribution in [0.25, 0.3) is 11.0 Å². The van der Waals surface area contributed by atoms with E-state index in [-0.39, 0.29) is 18.5 Å². The molecule has 0 bridgehead atoms. The minimum absolute atomic E-state index is 0.0519. The van der Waals surface area contributed by atoms with Gasteiger partial charge in [0, 0.05) is 26.8 Å².